The monoisotopic (exact) mass is 278 g/mol. The number of aryl methyl sites for hydroxylation is 1. The third-order valence-electron chi connectivity index (χ3n) is 2.48. The first-order chi connectivity index (χ1) is 9.02. The number of hydrogen-bond donors (Lipinski definition) is 0. The van der Waals surface area contributed by atoms with Gasteiger partial charge in [-0.15, -0.1) is 0 Å². The van der Waals surface area contributed by atoms with Crippen LogP contribution < -0.4 is 5.30 Å². The van der Waals surface area contributed by atoms with Gasteiger partial charge < -0.3 is 9.05 Å². The van der Waals surface area contributed by atoms with E-state index in [0.29, 0.717) is 11.1 Å². The van der Waals surface area contributed by atoms with Crippen LogP contribution in [0, 0.1) is 29.6 Å². The average molecular weight is 278 g/mol. The van der Waals surface area contributed by atoms with Crippen molar-refractivity contribution in [1.82, 2.24) is 0 Å². The highest BCUT2D eigenvalue weighted by molar-refractivity contribution is 7.62. The van der Waals surface area contributed by atoms with Crippen molar-refractivity contribution in [2.45, 2.75) is 20.8 Å². The summed E-state index contributed by atoms with van der Waals surface area (Å²) in [6.45, 7) is 5.49. The molecule has 0 radical (unpaired) electrons. The fourth-order valence-corrected chi connectivity index (χ4v) is 3.38. The Bertz CT molecular complexity index is 589. The minimum atomic E-state index is -3.56. The lowest BCUT2D eigenvalue weighted by Crippen LogP contribution is -2.15. The van der Waals surface area contributed by atoms with Gasteiger partial charge in [-0.05, 0) is 38.5 Å². The molecule has 0 unspecified atom stereocenters. The smallest absolute Gasteiger partial charge is 0.305 e. The van der Waals surface area contributed by atoms with Crippen LogP contribution in [0.4, 0.5) is 0 Å². The van der Waals surface area contributed by atoms with Gasteiger partial charge in [0.2, 0.25) is 0 Å². The van der Waals surface area contributed by atoms with E-state index >= 15 is 0 Å². The zero-order valence-electron chi connectivity index (χ0n) is 11.1. The molecule has 0 aliphatic carbocycles. The van der Waals surface area contributed by atoms with Gasteiger partial charge in [0.1, 0.15) is 6.07 Å². The molecular formula is C13H15N2O3P. The third-order valence-corrected chi connectivity index (χ3v) is 4.63. The molecule has 0 aliphatic heterocycles. The zero-order valence-corrected chi connectivity index (χ0v) is 12.0. The molecule has 0 fully saturated rings. The molecule has 0 heterocycles. The molecule has 0 aromatic heterocycles. The molecule has 0 atom stereocenters. The van der Waals surface area contributed by atoms with E-state index in [-0.39, 0.29) is 24.1 Å². The minimum absolute atomic E-state index is 0.154. The summed E-state index contributed by atoms with van der Waals surface area (Å²) in [5, 5.41) is 18.3. The quantitative estimate of drug-likeness (QED) is 0.773. The average Bonchev–Trinajstić information content (AvgIpc) is 2.38. The standard InChI is InChI=1S/C13H15N2O3P/c1-4-17-19(16,18-5-2)13-7-11(8-14)10(3)6-12(13)9-15/h6-7H,4-5H2,1-3H3. The summed E-state index contributed by atoms with van der Waals surface area (Å²) in [6.07, 6.45) is 0. The van der Waals surface area contributed by atoms with Crippen LogP contribution in [0.15, 0.2) is 12.1 Å². The van der Waals surface area contributed by atoms with E-state index in [4.69, 9.17) is 19.6 Å². The Balaban J connectivity index is 3.51. The van der Waals surface area contributed by atoms with Crippen molar-refractivity contribution in [1.29, 1.82) is 10.5 Å². The molecule has 1 rings (SSSR count). The summed E-state index contributed by atoms with van der Waals surface area (Å²) in [5.41, 5.74) is 1.22. The largest absolute Gasteiger partial charge is 0.362 e. The maximum absolute atomic E-state index is 12.7. The summed E-state index contributed by atoms with van der Waals surface area (Å²) in [6, 6.07) is 6.91. The molecule has 1 aromatic carbocycles. The van der Waals surface area contributed by atoms with Gasteiger partial charge in [0.05, 0.1) is 35.7 Å². The van der Waals surface area contributed by atoms with Crippen LogP contribution >= 0.6 is 7.60 Å². The zero-order chi connectivity index (χ0) is 14.5. The Morgan fingerprint density at radius 3 is 2.05 bits per heavy atom. The topological polar surface area (TPSA) is 83.1 Å². The van der Waals surface area contributed by atoms with Gasteiger partial charge in [0, 0.05) is 0 Å². The highest BCUT2D eigenvalue weighted by Gasteiger charge is 2.30. The molecule has 19 heavy (non-hydrogen) atoms. The van der Waals surface area contributed by atoms with Crippen LogP contribution in [0.3, 0.4) is 0 Å². The van der Waals surface area contributed by atoms with Gasteiger partial charge in [-0.2, -0.15) is 10.5 Å². The van der Waals surface area contributed by atoms with Crippen molar-refractivity contribution in [3.63, 3.8) is 0 Å². The summed E-state index contributed by atoms with van der Waals surface area (Å²) >= 11 is 0. The third kappa shape index (κ3) is 3.22. The molecule has 5 nitrogen and oxygen atoms in total. The molecule has 0 amide bonds. The van der Waals surface area contributed by atoms with Gasteiger partial charge >= 0.3 is 7.60 Å². The summed E-state index contributed by atoms with van der Waals surface area (Å²) in [4.78, 5) is 0. The Kier molecular flexibility index (Phi) is 5.27. The summed E-state index contributed by atoms with van der Waals surface area (Å²) < 4.78 is 23.1. The lowest BCUT2D eigenvalue weighted by Gasteiger charge is -2.18. The predicted molar refractivity (Wildman–Crippen MR) is 71.1 cm³/mol. The highest BCUT2D eigenvalue weighted by Crippen LogP contribution is 2.47. The van der Waals surface area contributed by atoms with Crippen molar-refractivity contribution in [2.75, 3.05) is 13.2 Å². The Labute approximate surface area is 112 Å². The Hall–Kier alpha value is -1.65. The first kappa shape index (κ1) is 15.4. The fourth-order valence-electron chi connectivity index (χ4n) is 1.65. The van der Waals surface area contributed by atoms with Crippen LogP contribution in [0.25, 0.3) is 0 Å². The van der Waals surface area contributed by atoms with Gasteiger partial charge in [0.15, 0.2) is 0 Å². The molecule has 0 N–H and O–H groups in total. The molecule has 6 heteroatoms. The maximum atomic E-state index is 12.7. The fraction of sp³-hybridized carbons (Fsp3) is 0.385. The SMILES string of the molecule is CCOP(=O)(OCC)c1cc(C#N)c(C)cc1C#N. The molecular weight excluding hydrogens is 263 g/mol. The highest BCUT2D eigenvalue weighted by atomic mass is 31.2. The van der Waals surface area contributed by atoms with E-state index in [1.165, 1.54) is 12.1 Å². The Morgan fingerprint density at radius 1 is 1.11 bits per heavy atom. The van der Waals surface area contributed by atoms with Crippen LogP contribution in [0.2, 0.25) is 0 Å². The van der Waals surface area contributed by atoms with Gasteiger partial charge in [-0.1, -0.05) is 0 Å². The van der Waals surface area contributed by atoms with Crippen LogP contribution in [0.5, 0.6) is 0 Å². The summed E-state index contributed by atoms with van der Waals surface area (Å²) in [5.74, 6) is 0. The summed E-state index contributed by atoms with van der Waals surface area (Å²) in [7, 11) is -3.56. The predicted octanol–water partition coefficient (Wildman–Crippen LogP) is 2.63. The van der Waals surface area contributed by atoms with Crippen molar-refractivity contribution >= 4 is 12.9 Å². The van der Waals surface area contributed by atoms with Crippen molar-refractivity contribution in [3.8, 4) is 12.1 Å². The lowest BCUT2D eigenvalue weighted by atomic mass is 10.1. The number of rotatable bonds is 5. The molecule has 0 aliphatic rings. The number of hydrogen-bond acceptors (Lipinski definition) is 5. The Morgan fingerprint density at radius 2 is 1.63 bits per heavy atom. The second-order valence-electron chi connectivity index (χ2n) is 3.74. The minimum Gasteiger partial charge on any atom is -0.305 e. The van der Waals surface area contributed by atoms with Gasteiger partial charge in [-0.3, -0.25) is 4.57 Å². The number of nitrogens with zero attached hydrogens (tertiary/aromatic N) is 2. The molecule has 0 spiro atoms. The van der Waals surface area contributed by atoms with Crippen molar-refractivity contribution in [2.24, 2.45) is 0 Å². The molecule has 100 valence electrons. The first-order valence-corrected chi connectivity index (χ1v) is 7.41. The number of benzene rings is 1. The van der Waals surface area contributed by atoms with E-state index in [2.05, 4.69) is 0 Å². The lowest BCUT2D eigenvalue weighted by molar-refractivity contribution is 0.230. The van der Waals surface area contributed by atoms with Crippen molar-refractivity contribution in [3.05, 3.63) is 28.8 Å². The molecule has 0 saturated carbocycles. The van der Waals surface area contributed by atoms with Crippen LogP contribution in [-0.4, -0.2) is 13.2 Å². The van der Waals surface area contributed by atoms with E-state index in [1.807, 2.05) is 12.1 Å². The van der Waals surface area contributed by atoms with Crippen LogP contribution in [-0.2, 0) is 13.6 Å². The van der Waals surface area contributed by atoms with Crippen LogP contribution in [0.1, 0.15) is 30.5 Å². The second kappa shape index (κ2) is 6.50. The van der Waals surface area contributed by atoms with E-state index in [9.17, 15) is 4.57 Å². The molecule has 0 bridgehead atoms. The van der Waals surface area contributed by atoms with Crippen molar-refractivity contribution < 1.29 is 13.6 Å². The normalized spacial score (nSPS) is 10.8. The maximum Gasteiger partial charge on any atom is 0.362 e. The first-order valence-electron chi connectivity index (χ1n) is 5.86. The number of nitriles is 2. The molecule has 1 aromatic rings. The van der Waals surface area contributed by atoms with E-state index < -0.39 is 7.60 Å². The van der Waals surface area contributed by atoms with E-state index in [0.717, 1.165) is 0 Å². The van der Waals surface area contributed by atoms with Gasteiger partial charge in [-0.25, -0.2) is 0 Å². The van der Waals surface area contributed by atoms with E-state index in [1.54, 1.807) is 20.8 Å². The molecule has 0 saturated heterocycles. The second-order valence-corrected chi connectivity index (χ2v) is 5.73. The van der Waals surface area contributed by atoms with Gasteiger partial charge in [0.25, 0.3) is 0 Å².